The molecule has 1 atom stereocenters. The summed E-state index contributed by atoms with van der Waals surface area (Å²) in [6.45, 7) is 6.37. The van der Waals surface area contributed by atoms with Crippen LogP contribution < -0.4 is 0 Å². The SMILES string of the molecule is CCCOC1N(C)[SiH2]N1CC. The quantitative estimate of drug-likeness (QED) is 0.556. The molecule has 1 fully saturated rings. The minimum absolute atomic E-state index is 0.0904. The van der Waals surface area contributed by atoms with Crippen molar-refractivity contribution in [3.63, 3.8) is 0 Å². The van der Waals surface area contributed by atoms with Crippen molar-refractivity contribution < 1.29 is 4.74 Å². The summed E-state index contributed by atoms with van der Waals surface area (Å²) in [6.07, 6.45) is 1.43. The molecule has 0 saturated carbocycles. The van der Waals surface area contributed by atoms with Crippen LogP contribution in [0.5, 0.6) is 0 Å². The fourth-order valence-corrected chi connectivity index (χ4v) is 2.79. The highest BCUT2D eigenvalue weighted by molar-refractivity contribution is 6.31. The fraction of sp³-hybridized carbons (Fsp3) is 1.00. The molecule has 1 unspecified atom stereocenters. The Morgan fingerprint density at radius 1 is 1.45 bits per heavy atom. The monoisotopic (exact) mass is 174 g/mol. The van der Waals surface area contributed by atoms with Crippen LogP contribution in [0.15, 0.2) is 0 Å². The van der Waals surface area contributed by atoms with Gasteiger partial charge in [-0.25, -0.2) is 0 Å². The van der Waals surface area contributed by atoms with Gasteiger partial charge in [-0.15, -0.1) is 0 Å². The van der Waals surface area contributed by atoms with Crippen LogP contribution in [-0.2, 0) is 4.74 Å². The van der Waals surface area contributed by atoms with Crippen LogP contribution in [-0.4, -0.2) is 45.5 Å². The number of nitrogens with zero attached hydrogens (tertiary/aromatic N) is 2. The predicted octanol–water partition coefficient (Wildman–Crippen LogP) is -0.0373. The Morgan fingerprint density at radius 3 is 2.64 bits per heavy atom. The number of ether oxygens (including phenoxy) is 1. The van der Waals surface area contributed by atoms with Crippen LogP contribution in [0.1, 0.15) is 20.3 Å². The zero-order valence-corrected chi connectivity index (χ0v) is 9.12. The van der Waals surface area contributed by atoms with Gasteiger partial charge < -0.3 is 4.74 Å². The average Bonchev–Trinajstić information content (AvgIpc) is 2.00. The summed E-state index contributed by atoms with van der Waals surface area (Å²) < 4.78 is 10.4. The molecular weight excluding hydrogens is 156 g/mol. The Bertz CT molecular complexity index is 123. The highest BCUT2D eigenvalue weighted by Gasteiger charge is 2.32. The van der Waals surface area contributed by atoms with E-state index in [4.69, 9.17) is 4.74 Å². The smallest absolute Gasteiger partial charge is 0.179 e. The van der Waals surface area contributed by atoms with E-state index < -0.39 is 0 Å². The summed E-state index contributed by atoms with van der Waals surface area (Å²) in [7, 11) is 2.06. The van der Waals surface area contributed by atoms with Crippen molar-refractivity contribution in [3.05, 3.63) is 0 Å². The normalized spacial score (nSPS) is 29.2. The van der Waals surface area contributed by atoms with E-state index in [0.29, 0.717) is 6.35 Å². The van der Waals surface area contributed by atoms with Crippen LogP contribution in [0.4, 0.5) is 0 Å². The molecule has 0 aromatic heterocycles. The molecule has 4 heteroatoms. The van der Waals surface area contributed by atoms with Crippen LogP contribution in [0.2, 0.25) is 0 Å². The first-order valence-electron chi connectivity index (χ1n) is 4.35. The molecule has 66 valence electrons. The van der Waals surface area contributed by atoms with Gasteiger partial charge in [0.05, 0.1) is 0 Å². The molecule has 11 heavy (non-hydrogen) atoms. The molecule has 0 bridgehead atoms. The highest BCUT2D eigenvalue weighted by atomic mass is 28.2. The Kier molecular flexibility index (Phi) is 3.51. The molecule has 0 aromatic rings. The van der Waals surface area contributed by atoms with Gasteiger partial charge in [0.1, 0.15) is 0 Å². The van der Waals surface area contributed by atoms with Gasteiger partial charge in [-0.2, -0.15) is 0 Å². The summed E-state index contributed by atoms with van der Waals surface area (Å²) in [5, 5.41) is 0. The molecule has 0 amide bonds. The summed E-state index contributed by atoms with van der Waals surface area (Å²) in [4.78, 5) is 0. The Hall–Kier alpha value is 0.0969. The maximum atomic E-state index is 5.63. The summed E-state index contributed by atoms with van der Waals surface area (Å²) in [6, 6.07) is 0. The van der Waals surface area contributed by atoms with Gasteiger partial charge in [-0.1, -0.05) is 13.8 Å². The number of rotatable bonds is 4. The average molecular weight is 174 g/mol. The molecular formula is C7H18N2OSi. The largest absolute Gasteiger partial charge is 0.351 e. The van der Waals surface area contributed by atoms with E-state index in [1.165, 1.54) is 0 Å². The molecule has 0 spiro atoms. The van der Waals surface area contributed by atoms with Gasteiger partial charge in [-0.3, -0.25) is 9.13 Å². The minimum atomic E-state index is -0.0904. The zero-order valence-electron chi connectivity index (χ0n) is 7.71. The first-order valence-corrected chi connectivity index (χ1v) is 5.62. The minimum Gasteiger partial charge on any atom is -0.351 e. The maximum absolute atomic E-state index is 5.63. The second kappa shape index (κ2) is 4.20. The lowest BCUT2D eigenvalue weighted by atomic mass is 10.5. The lowest BCUT2D eigenvalue weighted by Gasteiger charge is -2.47. The van der Waals surface area contributed by atoms with Gasteiger partial charge in [0, 0.05) is 6.61 Å². The van der Waals surface area contributed by atoms with Crippen LogP contribution in [0.3, 0.4) is 0 Å². The third kappa shape index (κ3) is 2.02. The Labute approximate surface area is 71.3 Å². The fourth-order valence-electron chi connectivity index (χ4n) is 1.32. The third-order valence-electron chi connectivity index (χ3n) is 1.97. The first kappa shape index (κ1) is 9.19. The van der Waals surface area contributed by atoms with E-state index in [-0.39, 0.29) is 9.84 Å². The van der Waals surface area contributed by atoms with Gasteiger partial charge in [-0.05, 0) is 20.0 Å². The second-order valence-corrected chi connectivity index (χ2v) is 5.09. The van der Waals surface area contributed by atoms with Crippen molar-refractivity contribution >= 4 is 9.84 Å². The van der Waals surface area contributed by atoms with Crippen molar-refractivity contribution in [2.75, 3.05) is 20.2 Å². The highest BCUT2D eigenvalue weighted by Crippen LogP contribution is 2.14. The van der Waals surface area contributed by atoms with E-state index in [0.717, 1.165) is 19.6 Å². The van der Waals surface area contributed by atoms with E-state index in [2.05, 4.69) is 30.0 Å². The molecule has 1 rings (SSSR count). The Morgan fingerprint density at radius 2 is 2.18 bits per heavy atom. The van der Waals surface area contributed by atoms with Gasteiger partial charge in [0.25, 0.3) is 0 Å². The number of hydrogen-bond acceptors (Lipinski definition) is 3. The molecule has 0 aliphatic carbocycles. The van der Waals surface area contributed by atoms with Crippen molar-refractivity contribution in [3.8, 4) is 0 Å². The molecule has 0 aromatic carbocycles. The van der Waals surface area contributed by atoms with Crippen molar-refractivity contribution in [1.82, 2.24) is 9.13 Å². The lowest BCUT2D eigenvalue weighted by Crippen LogP contribution is -2.65. The molecule has 1 aliphatic heterocycles. The van der Waals surface area contributed by atoms with E-state index >= 15 is 0 Å². The topological polar surface area (TPSA) is 15.7 Å². The van der Waals surface area contributed by atoms with Gasteiger partial charge in [0.15, 0.2) is 16.2 Å². The van der Waals surface area contributed by atoms with Gasteiger partial charge in [0.2, 0.25) is 0 Å². The lowest BCUT2D eigenvalue weighted by molar-refractivity contribution is -0.123. The second-order valence-electron chi connectivity index (χ2n) is 3.00. The summed E-state index contributed by atoms with van der Waals surface area (Å²) in [5.74, 6) is 0. The molecule has 0 radical (unpaired) electrons. The Balaban J connectivity index is 2.19. The van der Waals surface area contributed by atoms with E-state index in [1.807, 2.05) is 0 Å². The van der Waals surface area contributed by atoms with Crippen molar-refractivity contribution in [1.29, 1.82) is 0 Å². The van der Waals surface area contributed by atoms with Gasteiger partial charge >= 0.3 is 0 Å². The standard InChI is InChI=1S/C7H18N2OSi/c1-4-6-10-7-8(3)11-9(7)5-2/h7H,4-6,11H2,1-3H3. The molecule has 3 nitrogen and oxygen atoms in total. The first-order chi connectivity index (χ1) is 5.29. The third-order valence-corrected chi connectivity index (χ3v) is 3.85. The summed E-state index contributed by atoms with van der Waals surface area (Å²) in [5.41, 5.74) is 0. The van der Waals surface area contributed by atoms with E-state index in [9.17, 15) is 0 Å². The predicted molar refractivity (Wildman–Crippen MR) is 48.7 cm³/mol. The van der Waals surface area contributed by atoms with Crippen LogP contribution in [0, 0.1) is 0 Å². The molecule has 1 saturated heterocycles. The van der Waals surface area contributed by atoms with Crippen LogP contribution in [0.25, 0.3) is 0 Å². The van der Waals surface area contributed by atoms with Crippen molar-refractivity contribution in [2.45, 2.75) is 26.6 Å². The molecule has 0 N–H and O–H groups in total. The number of hydrogen-bond donors (Lipinski definition) is 0. The molecule has 1 aliphatic rings. The van der Waals surface area contributed by atoms with Crippen LogP contribution >= 0.6 is 0 Å². The zero-order chi connectivity index (χ0) is 8.27. The summed E-state index contributed by atoms with van der Waals surface area (Å²) >= 11 is 0. The molecule has 1 heterocycles. The van der Waals surface area contributed by atoms with E-state index in [1.54, 1.807) is 0 Å². The maximum Gasteiger partial charge on any atom is 0.179 e. The van der Waals surface area contributed by atoms with Crippen molar-refractivity contribution in [2.24, 2.45) is 0 Å².